The first kappa shape index (κ1) is 15.3. The van der Waals surface area contributed by atoms with Crippen molar-refractivity contribution < 1.29 is 4.39 Å². The van der Waals surface area contributed by atoms with E-state index in [1.54, 1.807) is 12.1 Å². The van der Waals surface area contributed by atoms with Crippen LogP contribution in [0, 0.1) is 11.7 Å². The van der Waals surface area contributed by atoms with Gasteiger partial charge in [-0.2, -0.15) is 0 Å². The topological polar surface area (TPSA) is 15.3 Å². The van der Waals surface area contributed by atoms with Gasteiger partial charge in [0.15, 0.2) is 0 Å². The largest absolute Gasteiger partial charge is 0.309 e. The van der Waals surface area contributed by atoms with E-state index in [0.29, 0.717) is 11.6 Å². The Morgan fingerprint density at radius 2 is 2.05 bits per heavy atom. The molecule has 2 fully saturated rings. The van der Waals surface area contributed by atoms with Crippen LogP contribution in [0.2, 0.25) is 5.02 Å². The molecule has 1 aromatic rings. The van der Waals surface area contributed by atoms with Crippen LogP contribution in [0.5, 0.6) is 0 Å². The fraction of sp³-hybridized carbons (Fsp3) is 0.647. The SMILES string of the molecule is CC1(C)CN(Cc2cc(F)ccc2Cl)C(C)(C2CC2)CN1. The first-order valence-electron chi connectivity index (χ1n) is 7.74. The monoisotopic (exact) mass is 310 g/mol. The summed E-state index contributed by atoms with van der Waals surface area (Å²) in [6.45, 7) is 9.43. The summed E-state index contributed by atoms with van der Waals surface area (Å²) in [5.74, 6) is 0.533. The number of nitrogens with one attached hydrogen (secondary N) is 1. The number of hydrogen-bond acceptors (Lipinski definition) is 2. The fourth-order valence-electron chi connectivity index (χ4n) is 3.46. The van der Waals surface area contributed by atoms with Crippen LogP contribution < -0.4 is 5.32 Å². The van der Waals surface area contributed by atoms with Crippen LogP contribution in [0.15, 0.2) is 18.2 Å². The Balaban J connectivity index is 1.87. The third-order valence-electron chi connectivity index (χ3n) is 5.06. The maximum Gasteiger partial charge on any atom is 0.123 e. The molecule has 0 spiro atoms. The predicted molar refractivity (Wildman–Crippen MR) is 85.0 cm³/mol. The number of nitrogens with zero attached hydrogens (tertiary/aromatic N) is 1. The Bertz CT molecular complexity index is 542. The van der Waals surface area contributed by atoms with Gasteiger partial charge in [0, 0.05) is 35.7 Å². The summed E-state index contributed by atoms with van der Waals surface area (Å²) >= 11 is 6.27. The summed E-state index contributed by atoms with van der Waals surface area (Å²) in [5, 5.41) is 4.32. The lowest BCUT2D eigenvalue weighted by molar-refractivity contribution is 0.00517. The number of rotatable bonds is 3. The number of benzene rings is 1. The minimum Gasteiger partial charge on any atom is -0.309 e. The molecule has 116 valence electrons. The van der Waals surface area contributed by atoms with E-state index >= 15 is 0 Å². The molecule has 4 heteroatoms. The van der Waals surface area contributed by atoms with Crippen LogP contribution in [0.1, 0.15) is 39.2 Å². The van der Waals surface area contributed by atoms with Crippen LogP contribution in [-0.2, 0) is 6.54 Å². The van der Waals surface area contributed by atoms with Gasteiger partial charge in [0.2, 0.25) is 0 Å². The molecule has 1 atom stereocenters. The Hall–Kier alpha value is -0.640. The van der Waals surface area contributed by atoms with E-state index in [2.05, 4.69) is 31.0 Å². The summed E-state index contributed by atoms with van der Waals surface area (Å²) in [6.07, 6.45) is 2.60. The van der Waals surface area contributed by atoms with Crippen molar-refractivity contribution in [3.8, 4) is 0 Å². The standard InChI is InChI=1S/C17H24ClFN2/c1-16(2)11-21(17(3,10-20-16)13-4-5-13)9-12-8-14(19)6-7-15(12)18/h6-8,13,20H,4-5,9-11H2,1-3H3. The molecule has 3 rings (SSSR count). The molecule has 1 N–H and O–H groups in total. The lowest BCUT2D eigenvalue weighted by atomic mass is 9.85. The zero-order chi connectivity index (χ0) is 15.3. The molecule has 0 radical (unpaired) electrons. The van der Waals surface area contributed by atoms with Crippen molar-refractivity contribution in [2.24, 2.45) is 5.92 Å². The van der Waals surface area contributed by atoms with Crippen molar-refractivity contribution in [1.82, 2.24) is 10.2 Å². The van der Waals surface area contributed by atoms with Crippen molar-refractivity contribution >= 4 is 11.6 Å². The zero-order valence-corrected chi connectivity index (χ0v) is 13.8. The summed E-state index contributed by atoms with van der Waals surface area (Å²) in [7, 11) is 0. The van der Waals surface area contributed by atoms with Gasteiger partial charge in [0.05, 0.1) is 0 Å². The van der Waals surface area contributed by atoms with Gasteiger partial charge < -0.3 is 5.32 Å². The quantitative estimate of drug-likeness (QED) is 0.912. The van der Waals surface area contributed by atoms with Gasteiger partial charge in [-0.05, 0) is 63.3 Å². The highest BCUT2D eigenvalue weighted by Crippen LogP contribution is 2.45. The summed E-state index contributed by atoms with van der Waals surface area (Å²) in [4.78, 5) is 2.50. The molecule has 1 saturated heterocycles. The molecule has 2 nitrogen and oxygen atoms in total. The van der Waals surface area contributed by atoms with E-state index in [4.69, 9.17) is 11.6 Å². The van der Waals surface area contributed by atoms with Crippen molar-refractivity contribution in [2.45, 2.75) is 51.2 Å². The average Bonchev–Trinajstić information content (AvgIpc) is 3.23. The smallest absolute Gasteiger partial charge is 0.123 e. The van der Waals surface area contributed by atoms with E-state index in [9.17, 15) is 4.39 Å². The second-order valence-electron chi connectivity index (χ2n) is 7.46. The fourth-order valence-corrected chi connectivity index (χ4v) is 3.64. The highest BCUT2D eigenvalue weighted by atomic mass is 35.5. The van der Waals surface area contributed by atoms with Crippen LogP contribution in [0.3, 0.4) is 0 Å². The molecule has 1 aromatic carbocycles. The number of hydrogen-bond donors (Lipinski definition) is 1. The van der Waals surface area contributed by atoms with E-state index in [-0.39, 0.29) is 16.9 Å². The highest BCUT2D eigenvalue weighted by Gasteiger charge is 2.49. The van der Waals surface area contributed by atoms with Crippen LogP contribution in [0.4, 0.5) is 4.39 Å². The first-order valence-corrected chi connectivity index (χ1v) is 8.12. The third kappa shape index (κ3) is 3.10. The molecular weight excluding hydrogens is 287 g/mol. The summed E-state index contributed by atoms with van der Waals surface area (Å²) in [5.41, 5.74) is 1.11. The molecule has 0 aromatic heterocycles. The molecule has 1 aliphatic carbocycles. The van der Waals surface area contributed by atoms with Crippen LogP contribution in [0.25, 0.3) is 0 Å². The van der Waals surface area contributed by atoms with Gasteiger partial charge in [0.25, 0.3) is 0 Å². The average molecular weight is 311 g/mol. The van der Waals surface area contributed by atoms with E-state index in [1.165, 1.54) is 18.9 Å². The Labute approximate surface area is 131 Å². The van der Waals surface area contributed by atoms with E-state index in [1.807, 2.05) is 0 Å². The predicted octanol–water partition coefficient (Wildman–Crippen LogP) is 3.83. The molecule has 1 unspecified atom stereocenters. The van der Waals surface area contributed by atoms with Gasteiger partial charge >= 0.3 is 0 Å². The van der Waals surface area contributed by atoms with Crippen LogP contribution >= 0.6 is 11.6 Å². The highest BCUT2D eigenvalue weighted by molar-refractivity contribution is 6.31. The minimum absolute atomic E-state index is 0.0776. The summed E-state index contributed by atoms with van der Waals surface area (Å²) in [6, 6.07) is 4.66. The molecular formula is C17H24ClFN2. The van der Waals surface area contributed by atoms with Crippen molar-refractivity contribution in [3.63, 3.8) is 0 Å². The second-order valence-corrected chi connectivity index (χ2v) is 7.87. The summed E-state index contributed by atoms with van der Waals surface area (Å²) < 4.78 is 13.5. The maximum atomic E-state index is 13.5. The number of piperazine rings is 1. The van der Waals surface area contributed by atoms with Gasteiger partial charge in [0.1, 0.15) is 5.82 Å². The number of halogens is 2. The first-order chi connectivity index (χ1) is 9.80. The molecule has 21 heavy (non-hydrogen) atoms. The Morgan fingerprint density at radius 1 is 1.33 bits per heavy atom. The van der Waals surface area contributed by atoms with Gasteiger partial charge in [-0.15, -0.1) is 0 Å². The lowest BCUT2D eigenvalue weighted by Crippen LogP contribution is -2.67. The van der Waals surface area contributed by atoms with E-state index < -0.39 is 0 Å². The Morgan fingerprint density at radius 3 is 2.71 bits per heavy atom. The van der Waals surface area contributed by atoms with Crippen molar-refractivity contribution in [3.05, 3.63) is 34.6 Å². The molecule has 1 saturated carbocycles. The Kier molecular flexibility index (Phi) is 3.79. The van der Waals surface area contributed by atoms with Crippen LogP contribution in [-0.4, -0.2) is 29.1 Å². The maximum absolute atomic E-state index is 13.5. The van der Waals surface area contributed by atoms with E-state index in [0.717, 1.165) is 24.6 Å². The molecule has 0 bridgehead atoms. The van der Waals surface area contributed by atoms with Crippen molar-refractivity contribution in [1.29, 1.82) is 0 Å². The van der Waals surface area contributed by atoms with Crippen molar-refractivity contribution in [2.75, 3.05) is 13.1 Å². The minimum atomic E-state index is -0.211. The molecule has 2 aliphatic rings. The van der Waals surface area contributed by atoms with Gasteiger partial charge in [-0.3, -0.25) is 4.90 Å². The zero-order valence-electron chi connectivity index (χ0n) is 13.0. The van der Waals surface area contributed by atoms with Gasteiger partial charge in [-0.1, -0.05) is 11.6 Å². The lowest BCUT2D eigenvalue weighted by Gasteiger charge is -2.52. The third-order valence-corrected chi connectivity index (χ3v) is 5.43. The molecule has 1 heterocycles. The molecule has 0 amide bonds. The molecule has 1 aliphatic heterocycles. The van der Waals surface area contributed by atoms with Gasteiger partial charge in [-0.25, -0.2) is 4.39 Å². The second kappa shape index (κ2) is 5.22. The normalized spacial score (nSPS) is 29.6.